The molecule has 0 radical (unpaired) electrons. The lowest BCUT2D eigenvalue weighted by atomic mass is 9.94. The molecule has 3 aromatic heterocycles. The highest BCUT2D eigenvalue weighted by molar-refractivity contribution is 7.26. The third kappa shape index (κ3) is 4.23. The van der Waals surface area contributed by atoms with E-state index in [0.717, 1.165) is 44.6 Å². The van der Waals surface area contributed by atoms with Crippen LogP contribution in [-0.4, -0.2) is 14.5 Å². The van der Waals surface area contributed by atoms with Gasteiger partial charge in [0, 0.05) is 58.5 Å². The van der Waals surface area contributed by atoms with Crippen LogP contribution in [-0.2, 0) is 0 Å². The molecule has 0 spiro atoms. The minimum Gasteiger partial charge on any atom is -0.309 e. The Balaban J connectivity index is 1.07. The maximum atomic E-state index is 5.36. The number of benzene rings is 9. The van der Waals surface area contributed by atoms with Crippen LogP contribution in [0.4, 0.5) is 0 Å². The summed E-state index contributed by atoms with van der Waals surface area (Å²) in [5.41, 5.74) is 7.49. The Morgan fingerprint density at radius 1 is 0.389 bits per heavy atom. The summed E-state index contributed by atoms with van der Waals surface area (Å²) in [6, 6.07) is 63.4. The molecule has 4 heteroatoms. The van der Waals surface area contributed by atoms with Gasteiger partial charge in [0.25, 0.3) is 0 Å². The molecule has 9 aromatic carbocycles. The van der Waals surface area contributed by atoms with Crippen molar-refractivity contribution in [3.05, 3.63) is 176 Å². The predicted molar refractivity (Wildman–Crippen MR) is 230 cm³/mol. The monoisotopic (exact) mass is 703 g/mol. The minimum absolute atomic E-state index is 0.717. The first-order valence-electron chi connectivity index (χ1n) is 18.3. The lowest BCUT2D eigenvalue weighted by Crippen LogP contribution is -1.98. The molecule has 0 bridgehead atoms. The molecular weight excluding hydrogens is 675 g/mol. The van der Waals surface area contributed by atoms with Crippen LogP contribution < -0.4 is 0 Å². The van der Waals surface area contributed by atoms with E-state index in [1.54, 1.807) is 0 Å². The fourth-order valence-corrected chi connectivity index (χ4v) is 9.89. The van der Waals surface area contributed by atoms with Crippen LogP contribution in [0.1, 0.15) is 0 Å². The number of hydrogen-bond donors (Lipinski definition) is 0. The third-order valence-electron chi connectivity index (χ3n) is 11.2. The summed E-state index contributed by atoms with van der Waals surface area (Å²) in [6.45, 7) is 0. The molecule has 0 saturated carbocycles. The van der Waals surface area contributed by atoms with Crippen LogP contribution in [0.3, 0.4) is 0 Å². The maximum absolute atomic E-state index is 5.36. The summed E-state index contributed by atoms with van der Waals surface area (Å²) in [4.78, 5) is 10.7. The van der Waals surface area contributed by atoms with Crippen molar-refractivity contribution in [3.63, 3.8) is 0 Å². The molecule has 0 fully saturated rings. The topological polar surface area (TPSA) is 30.7 Å². The zero-order valence-electron chi connectivity index (χ0n) is 29.0. The van der Waals surface area contributed by atoms with E-state index in [0.29, 0.717) is 0 Å². The molecule has 0 aliphatic heterocycles. The van der Waals surface area contributed by atoms with Gasteiger partial charge in [-0.25, -0.2) is 9.97 Å². The Morgan fingerprint density at radius 3 is 1.87 bits per heavy atom. The molecule has 54 heavy (non-hydrogen) atoms. The lowest BCUT2D eigenvalue weighted by molar-refractivity contribution is 1.18. The molecule has 0 aliphatic carbocycles. The number of para-hydroxylation sites is 1. The van der Waals surface area contributed by atoms with Crippen LogP contribution >= 0.6 is 11.3 Å². The minimum atomic E-state index is 0.717. The van der Waals surface area contributed by atoms with E-state index in [1.807, 2.05) is 11.3 Å². The second kappa shape index (κ2) is 11.3. The van der Waals surface area contributed by atoms with E-state index in [1.165, 1.54) is 68.9 Å². The predicted octanol–water partition coefficient (Wildman–Crippen LogP) is 13.9. The second-order valence-electron chi connectivity index (χ2n) is 14.1. The van der Waals surface area contributed by atoms with Gasteiger partial charge in [0.05, 0.1) is 22.2 Å². The number of aromatic nitrogens is 3. The summed E-state index contributed by atoms with van der Waals surface area (Å²) in [5, 5.41) is 13.6. The van der Waals surface area contributed by atoms with E-state index in [4.69, 9.17) is 9.97 Å². The first-order chi connectivity index (χ1) is 26.8. The third-order valence-corrected chi connectivity index (χ3v) is 12.3. The van der Waals surface area contributed by atoms with Gasteiger partial charge in [-0.15, -0.1) is 11.3 Å². The van der Waals surface area contributed by atoms with Crippen molar-refractivity contribution in [2.24, 2.45) is 0 Å². The average Bonchev–Trinajstić information content (AvgIpc) is 3.78. The number of rotatable bonds is 3. The van der Waals surface area contributed by atoms with Crippen molar-refractivity contribution in [1.82, 2.24) is 14.5 Å². The highest BCUT2D eigenvalue weighted by Gasteiger charge is 2.19. The van der Waals surface area contributed by atoms with Gasteiger partial charge in [-0.1, -0.05) is 127 Å². The van der Waals surface area contributed by atoms with E-state index in [-0.39, 0.29) is 0 Å². The van der Waals surface area contributed by atoms with Crippen LogP contribution in [0.5, 0.6) is 0 Å². The van der Waals surface area contributed by atoms with Gasteiger partial charge in [0.1, 0.15) is 0 Å². The van der Waals surface area contributed by atoms with E-state index in [2.05, 4.69) is 180 Å². The summed E-state index contributed by atoms with van der Waals surface area (Å²) in [7, 11) is 0. The molecule has 250 valence electrons. The van der Waals surface area contributed by atoms with Crippen LogP contribution in [0.25, 0.3) is 114 Å². The molecule has 0 amide bonds. The summed E-state index contributed by atoms with van der Waals surface area (Å²) in [6.07, 6.45) is 0. The van der Waals surface area contributed by atoms with Gasteiger partial charge in [-0.3, -0.25) is 0 Å². The van der Waals surface area contributed by atoms with Gasteiger partial charge < -0.3 is 4.57 Å². The smallest absolute Gasteiger partial charge is 0.160 e. The van der Waals surface area contributed by atoms with Crippen molar-refractivity contribution in [3.8, 4) is 28.3 Å². The number of hydrogen-bond acceptors (Lipinski definition) is 3. The SMILES string of the molecule is c1ccc(-c2nc(-c3ccc(-n4c5ccccc5c5cc6c(cc54)sc4ccc5ccccc5c46)cc3)nc3c4ccccc4c4ccccc4c23)cc1. The molecule has 0 atom stereocenters. The first kappa shape index (κ1) is 29.7. The molecule has 0 aliphatic rings. The highest BCUT2D eigenvalue weighted by atomic mass is 32.1. The zero-order valence-corrected chi connectivity index (χ0v) is 29.8. The van der Waals surface area contributed by atoms with Crippen LogP contribution in [0, 0.1) is 0 Å². The molecule has 12 rings (SSSR count). The molecule has 12 aromatic rings. The van der Waals surface area contributed by atoms with Gasteiger partial charge in [-0.2, -0.15) is 0 Å². The Bertz CT molecular complexity index is 3490. The summed E-state index contributed by atoms with van der Waals surface area (Å²) in [5.74, 6) is 0.717. The van der Waals surface area contributed by atoms with E-state index in [9.17, 15) is 0 Å². The maximum Gasteiger partial charge on any atom is 0.160 e. The standard InChI is InChI=1S/C50H29N3S/c1-2-13-31(14-3-1)48-47-38-19-8-6-16-35(38)36-17-7-9-20-39(36)49(47)52-50(51-48)32-22-25-33(26-23-32)53-42-21-11-10-18-37(42)40-28-41-45(29-43(40)53)54-44-27-24-30-12-4-5-15-34(30)46(41)44/h1-29H. The first-order valence-corrected chi connectivity index (χ1v) is 19.1. The van der Waals surface area contributed by atoms with Crippen molar-refractivity contribution in [2.45, 2.75) is 0 Å². The van der Waals surface area contributed by atoms with Gasteiger partial charge in [0.2, 0.25) is 0 Å². The molecule has 3 heterocycles. The number of fused-ring (bicyclic) bond motifs is 14. The van der Waals surface area contributed by atoms with Gasteiger partial charge >= 0.3 is 0 Å². The fraction of sp³-hybridized carbons (Fsp3) is 0. The number of nitrogens with zero attached hydrogens (tertiary/aromatic N) is 3. The van der Waals surface area contributed by atoms with Crippen molar-refractivity contribution in [2.75, 3.05) is 0 Å². The van der Waals surface area contributed by atoms with E-state index >= 15 is 0 Å². The fourth-order valence-electron chi connectivity index (χ4n) is 8.75. The van der Waals surface area contributed by atoms with Crippen LogP contribution in [0.2, 0.25) is 0 Å². The lowest BCUT2D eigenvalue weighted by Gasteiger charge is -2.15. The second-order valence-corrected chi connectivity index (χ2v) is 15.2. The van der Waals surface area contributed by atoms with Crippen molar-refractivity contribution >= 4 is 96.5 Å². The largest absolute Gasteiger partial charge is 0.309 e. The molecule has 0 N–H and O–H groups in total. The zero-order chi connectivity index (χ0) is 35.3. The molecule has 3 nitrogen and oxygen atoms in total. The summed E-state index contributed by atoms with van der Waals surface area (Å²) >= 11 is 1.88. The van der Waals surface area contributed by atoms with Gasteiger partial charge in [0.15, 0.2) is 5.82 Å². The van der Waals surface area contributed by atoms with Gasteiger partial charge in [-0.05, 0) is 75.5 Å². The van der Waals surface area contributed by atoms with Crippen LogP contribution in [0.15, 0.2) is 176 Å². The summed E-state index contributed by atoms with van der Waals surface area (Å²) < 4.78 is 5.03. The van der Waals surface area contributed by atoms with Crippen molar-refractivity contribution in [1.29, 1.82) is 0 Å². The molecular formula is C50H29N3S. The number of thiophene rings is 1. The van der Waals surface area contributed by atoms with E-state index < -0.39 is 0 Å². The normalized spacial score (nSPS) is 12.1. The Kier molecular flexibility index (Phi) is 6.21. The quantitative estimate of drug-likeness (QED) is 0.172. The highest BCUT2D eigenvalue weighted by Crippen LogP contribution is 2.44. The Morgan fingerprint density at radius 2 is 1.06 bits per heavy atom. The Hall–Kier alpha value is -6.88. The Labute approximate surface area is 314 Å². The van der Waals surface area contributed by atoms with Crippen molar-refractivity contribution < 1.29 is 0 Å². The average molecular weight is 704 g/mol. The molecule has 0 saturated heterocycles. The molecule has 0 unspecified atom stereocenters.